The van der Waals surface area contributed by atoms with Crippen molar-refractivity contribution >= 4 is 27.3 Å². The van der Waals surface area contributed by atoms with E-state index in [4.69, 9.17) is 0 Å². The topological polar surface area (TPSA) is 69.7 Å². The Bertz CT molecular complexity index is 1110. The molecule has 0 saturated heterocycles. The fourth-order valence-corrected chi connectivity index (χ4v) is 4.48. The monoisotopic (exact) mass is 441 g/mol. The van der Waals surface area contributed by atoms with Crippen LogP contribution in [-0.4, -0.2) is 41.0 Å². The molecule has 0 aliphatic heterocycles. The van der Waals surface area contributed by atoms with Crippen LogP contribution in [0.4, 0.5) is 15.8 Å². The molecular formula is C23H24FN3O3S. The van der Waals surface area contributed by atoms with Crippen molar-refractivity contribution < 1.29 is 17.6 Å². The number of halogens is 1. The lowest BCUT2D eigenvalue weighted by molar-refractivity contribution is -0.119. The number of carbonyl (C=O) groups is 1. The summed E-state index contributed by atoms with van der Waals surface area (Å²) < 4.78 is 41.6. The summed E-state index contributed by atoms with van der Waals surface area (Å²) >= 11 is 0. The predicted molar refractivity (Wildman–Crippen MR) is 120 cm³/mol. The number of carbonyl (C=O) groups excluding carboxylic acids is 1. The molecule has 0 heterocycles. The van der Waals surface area contributed by atoms with Gasteiger partial charge in [-0.25, -0.2) is 12.8 Å². The van der Waals surface area contributed by atoms with Crippen molar-refractivity contribution in [2.75, 3.05) is 35.9 Å². The molecule has 0 unspecified atom stereocenters. The zero-order valence-electron chi connectivity index (χ0n) is 17.1. The fraction of sp³-hybridized carbons (Fsp3) is 0.174. The molecule has 0 fully saturated rings. The molecule has 0 atom stereocenters. The standard InChI is InChI=1S/C23H24FN3O3S/c1-26(19-10-4-2-5-11-19)17-16-25-23(28)18-27(22-15-9-8-14-21(22)24)31(29,30)20-12-6-3-7-13-20/h2-15H,16-18H2,1H3,(H,25,28). The number of sulfonamides is 1. The third-order valence-electron chi connectivity index (χ3n) is 4.71. The smallest absolute Gasteiger partial charge is 0.264 e. The first kappa shape index (κ1) is 22.3. The third-order valence-corrected chi connectivity index (χ3v) is 6.48. The van der Waals surface area contributed by atoms with Gasteiger partial charge in [0.1, 0.15) is 12.4 Å². The van der Waals surface area contributed by atoms with Crippen LogP contribution in [0.3, 0.4) is 0 Å². The van der Waals surface area contributed by atoms with E-state index in [1.54, 1.807) is 18.2 Å². The molecule has 162 valence electrons. The van der Waals surface area contributed by atoms with E-state index in [1.165, 1.54) is 30.3 Å². The van der Waals surface area contributed by atoms with Crippen LogP contribution in [0.5, 0.6) is 0 Å². The van der Waals surface area contributed by atoms with Gasteiger partial charge in [0.25, 0.3) is 10.0 Å². The predicted octanol–water partition coefficient (Wildman–Crippen LogP) is 3.27. The lowest BCUT2D eigenvalue weighted by Crippen LogP contribution is -2.43. The van der Waals surface area contributed by atoms with E-state index in [2.05, 4.69) is 5.32 Å². The molecule has 0 saturated carbocycles. The van der Waals surface area contributed by atoms with Crippen LogP contribution in [0.2, 0.25) is 0 Å². The highest BCUT2D eigenvalue weighted by Crippen LogP contribution is 2.25. The SMILES string of the molecule is CN(CCNC(=O)CN(c1ccccc1F)S(=O)(=O)c1ccccc1)c1ccccc1. The Morgan fingerprint density at radius 1 is 0.903 bits per heavy atom. The summed E-state index contributed by atoms with van der Waals surface area (Å²) in [5.41, 5.74) is 0.819. The van der Waals surface area contributed by atoms with Gasteiger partial charge in [-0.15, -0.1) is 0 Å². The van der Waals surface area contributed by atoms with Crippen LogP contribution in [0.15, 0.2) is 89.8 Å². The Balaban J connectivity index is 1.73. The van der Waals surface area contributed by atoms with E-state index in [0.29, 0.717) is 13.1 Å². The highest BCUT2D eigenvalue weighted by Gasteiger charge is 2.28. The Kier molecular flexibility index (Phi) is 7.25. The summed E-state index contributed by atoms with van der Waals surface area (Å²) in [6.07, 6.45) is 0. The van der Waals surface area contributed by atoms with E-state index < -0.39 is 28.3 Å². The lowest BCUT2D eigenvalue weighted by atomic mass is 10.3. The number of hydrogen-bond donors (Lipinski definition) is 1. The fourth-order valence-electron chi connectivity index (χ4n) is 3.03. The van der Waals surface area contributed by atoms with Crippen LogP contribution in [0.1, 0.15) is 0 Å². The Hall–Kier alpha value is -3.39. The molecule has 0 spiro atoms. The highest BCUT2D eigenvalue weighted by atomic mass is 32.2. The number of anilines is 2. The summed E-state index contributed by atoms with van der Waals surface area (Å²) in [4.78, 5) is 14.5. The molecule has 0 aliphatic carbocycles. The van der Waals surface area contributed by atoms with Gasteiger partial charge in [-0.3, -0.25) is 9.10 Å². The van der Waals surface area contributed by atoms with E-state index in [0.717, 1.165) is 16.1 Å². The van der Waals surface area contributed by atoms with Gasteiger partial charge in [0.05, 0.1) is 10.6 Å². The zero-order valence-corrected chi connectivity index (χ0v) is 17.9. The summed E-state index contributed by atoms with van der Waals surface area (Å²) in [5, 5.41) is 2.72. The molecule has 0 aromatic heterocycles. The van der Waals surface area contributed by atoms with Crippen LogP contribution < -0.4 is 14.5 Å². The highest BCUT2D eigenvalue weighted by molar-refractivity contribution is 7.92. The van der Waals surface area contributed by atoms with Crippen molar-refractivity contribution in [3.8, 4) is 0 Å². The minimum atomic E-state index is -4.13. The first-order chi connectivity index (χ1) is 14.9. The Morgan fingerprint density at radius 3 is 2.13 bits per heavy atom. The molecule has 1 N–H and O–H groups in total. The maximum atomic E-state index is 14.4. The van der Waals surface area contributed by atoms with E-state index in [1.807, 2.05) is 42.3 Å². The Morgan fingerprint density at radius 2 is 1.48 bits per heavy atom. The van der Waals surface area contributed by atoms with E-state index >= 15 is 0 Å². The first-order valence-electron chi connectivity index (χ1n) is 9.75. The van der Waals surface area contributed by atoms with Crippen molar-refractivity contribution in [1.82, 2.24) is 5.32 Å². The van der Waals surface area contributed by atoms with Gasteiger partial charge in [0, 0.05) is 25.8 Å². The Labute approximate surface area is 182 Å². The second-order valence-corrected chi connectivity index (χ2v) is 8.75. The number of nitrogens with one attached hydrogen (secondary N) is 1. The molecule has 3 aromatic rings. The summed E-state index contributed by atoms with van der Waals surface area (Å²) in [6.45, 7) is 0.300. The van der Waals surface area contributed by atoms with Crippen molar-refractivity contribution in [1.29, 1.82) is 0 Å². The summed E-state index contributed by atoms with van der Waals surface area (Å²) in [7, 11) is -2.24. The lowest BCUT2D eigenvalue weighted by Gasteiger charge is -2.25. The number of nitrogens with zero attached hydrogens (tertiary/aromatic N) is 2. The van der Waals surface area contributed by atoms with Gasteiger partial charge >= 0.3 is 0 Å². The number of hydrogen-bond acceptors (Lipinski definition) is 4. The molecule has 0 bridgehead atoms. The van der Waals surface area contributed by atoms with Gasteiger partial charge in [0.2, 0.25) is 5.91 Å². The van der Waals surface area contributed by atoms with Crippen LogP contribution in [-0.2, 0) is 14.8 Å². The summed E-state index contributed by atoms with van der Waals surface area (Å²) in [5.74, 6) is -1.25. The molecule has 6 nitrogen and oxygen atoms in total. The summed E-state index contributed by atoms with van der Waals surface area (Å²) in [6, 6.07) is 22.8. The molecule has 0 radical (unpaired) electrons. The number of rotatable bonds is 9. The first-order valence-corrected chi connectivity index (χ1v) is 11.2. The van der Waals surface area contributed by atoms with Crippen LogP contribution in [0.25, 0.3) is 0 Å². The molecule has 1 amide bonds. The number of likely N-dealkylation sites (N-methyl/N-ethyl adjacent to an activating group) is 1. The van der Waals surface area contributed by atoms with Crippen LogP contribution in [0, 0.1) is 5.82 Å². The van der Waals surface area contributed by atoms with Crippen molar-refractivity contribution in [3.63, 3.8) is 0 Å². The molecular weight excluding hydrogens is 417 g/mol. The van der Waals surface area contributed by atoms with Gasteiger partial charge in [-0.1, -0.05) is 48.5 Å². The van der Waals surface area contributed by atoms with Gasteiger partial charge in [0.15, 0.2) is 0 Å². The van der Waals surface area contributed by atoms with Crippen LogP contribution >= 0.6 is 0 Å². The quantitative estimate of drug-likeness (QED) is 0.553. The second-order valence-electron chi connectivity index (χ2n) is 6.88. The number of para-hydroxylation sites is 2. The normalized spacial score (nSPS) is 11.0. The average molecular weight is 442 g/mol. The van der Waals surface area contributed by atoms with E-state index in [-0.39, 0.29) is 10.6 Å². The zero-order chi connectivity index (χ0) is 22.3. The molecule has 31 heavy (non-hydrogen) atoms. The van der Waals surface area contributed by atoms with Gasteiger partial charge in [-0.2, -0.15) is 0 Å². The molecule has 3 aromatic carbocycles. The minimum absolute atomic E-state index is 0.0186. The second kappa shape index (κ2) is 10.1. The van der Waals surface area contributed by atoms with Gasteiger partial charge in [-0.05, 0) is 36.4 Å². The number of benzene rings is 3. The van der Waals surface area contributed by atoms with Crippen molar-refractivity contribution in [3.05, 3.63) is 90.7 Å². The molecule has 0 aliphatic rings. The molecule has 3 rings (SSSR count). The maximum absolute atomic E-state index is 14.4. The van der Waals surface area contributed by atoms with Crippen molar-refractivity contribution in [2.45, 2.75) is 4.90 Å². The largest absolute Gasteiger partial charge is 0.373 e. The average Bonchev–Trinajstić information content (AvgIpc) is 2.79. The third kappa shape index (κ3) is 5.61. The number of amides is 1. The molecule has 8 heteroatoms. The van der Waals surface area contributed by atoms with Crippen molar-refractivity contribution in [2.24, 2.45) is 0 Å². The minimum Gasteiger partial charge on any atom is -0.373 e. The maximum Gasteiger partial charge on any atom is 0.264 e. The van der Waals surface area contributed by atoms with E-state index in [9.17, 15) is 17.6 Å². The van der Waals surface area contributed by atoms with Gasteiger partial charge < -0.3 is 10.2 Å².